The molecular weight excluding hydrogens is 643 g/mol. The second-order valence-electron chi connectivity index (χ2n) is 13.6. The number of benzene rings is 1. The van der Waals surface area contributed by atoms with Crippen molar-refractivity contribution in [1.29, 1.82) is 0 Å². The smallest absolute Gasteiger partial charge is 0.248 e. The van der Waals surface area contributed by atoms with Gasteiger partial charge in [0.2, 0.25) is 18.2 Å². The highest BCUT2D eigenvalue weighted by Gasteiger charge is 2.50. The second-order valence-corrected chi connectivity index (χ2v) is 17.1. The van der Waals surface area contributed by atoms with Crippen molar-refractivity contribution in [3.8, 4) is 10.4 Å². The van der Waals surface area contributed by atoms with Gasteiger partial charge in [0.15, 0.2) is 16.1 Å². The number of amides is 3. The summed E-state index contributed by atoms with van der Waals surface area (Å²) in [6.07, 6.45) is 2.84. The van der Waals surface area contributed by atoms with Crippen LogP contribution in [0.3, 0.4) is 0 Å². The zero-order valence-electron chi connectivity index (χ0n) is 28.3. The van der Waals surface area contributed by atoms with E-state index in [1.54, 1.807) is 26.8 Å². The average molecular weight is 692 g/mol. The lowest BCUT2D eigenvalue weighted by atomic mass is 9.96. The van der Waals surface area contributed by atoms with Gasteiger partial charge in [0.05, 0.1) is 17.8 Å². The molecule has 2 saturated heterocycles. The van der Waals surface area contributed by atoms with E-state index in [1.165, 1.54) is 21.8 Å². The van der Waals surface area contributed by atoms with Crippen LogP contribution < -0.4 is 5.48 Å². The Morgan fingerprint density at radius 3 is 2.47 bits per heavy atom. The van der Waals surface area contributed by atoms with E-state index < -0.39 is 44.3 Å². The number of hydrogen-bond acceptors (Lipinski definition) is 9. The summed E-state index contributed by atoms with van der Waals surface area (Å²) in [5.74, 6) is -1.67. The Balaban J connectivity index is 1.67. The Hall–Kier alpha value is -2.84. The van der Waals surface area contributed by atoms with Crippen molar-refractivity contribution < 1.29 is 37.2 Å². The fraction of sp³-hybridized carbons (Fsp3) is 0.618. The van der Waals surface area contributed by atoms with Crippen LogP contribution in [0.5, 0.6) is 0 Å². The van der Waals surface area contributed by atoms with Crippen LogP contribution in [0.4, 0.5) is 0 Å². The van der Waals surface area contributed by atoms with Crippen molar-refractivity contribution in [1.82, 2.24) is 15.4 Å². The number of carbonyl (C=O) groups excluding carboxylic acids is 3. The molecule has 3 amide bonds. The standard InChI is InChI=1S/C34H49N3O8S2/c1-7-25-11-13-26(14-12-25)27-15-16-28(46-27)34(22-29(39)35-44-30-10-8-9-20-43-30)17-18-36(19-21-47(34,41)42)32(40)31(24(2)3)37(23-38)45-33(4,5)6/h11-16,23-24,30-31H,7-10,17-22H2,1-6H3,(H,35,39)/t30?,31-,34-/m0/s1. The molecule has 260 valence electrons. The summed E-state index contributed by atoms with van der Waals surface area (Å²) in [6.45, 7) is 11.5. The minimum absolute atomic E-state index is 0.0187. The molecule has 1 aromatic carbocycles. The molecular formula is C34H49N3O8S2. The van der Waals surface area contributed by atoms with Gasteiger partial charge in [-0.05, 0) is 75.6 Å². The zero-order valence-corrected chi connectivity index (χ0v) is 30.0. The van der Waals surface area contributed by atoms with Gasteiger partial charge in [0.25, 0.3) is 0 Å². The Kier molecular flexibility index (Phi) is 12.3. The van der Waals surface area contributed by atoms with Crippen molar-refractivity contribution in [2.45, 2.75) is 103 Å². The molecule has 1 N–H and O–H groups in total. The lowest BCUT2D eigenvalue weighted by Gasteiger charge is -2.36. The first kappa shape index (κ1) is 37.0. The minimum Gasteiger partial charge on any atom is -0.350 e. The number of ether oxygens (including phenoxy) is 1. The molecule has 0 radical (unpaired) electrons. The van der Waals surface area contributed by atoms with E-state index in [-0.39, 0.29) is 37.6 Å². The maximum Gasteiger partial charge on any atom is 0.248 e. The first-order valence-electron chi connectivity index (χ1n) is 16.4. The van der Waals surface area contributed by atoms with E-state index >= 15 is 0 Å². The average Bonchev–Trinajstić information content (AvgIpc) is 3.48. The van der Waals surface area contributed by atoms with Crippen LogP contribution in [0.2, 0.25) is 0 Å². The van der Waals surface area contributed by atoms with Crippen LogP contribution in [-0.2, 0) is 49.8 Å². The van der Waals surface area contributed by atoms with Crippen LogP contribution in [0, 0.1) is 5.92 Å². The van der Waals surface area contributed by atoms with Crippen molar-refractivity contribution in [2.75, 3.05) is 25.4 Å². The van der Waals surface area contributed by atoms with Gasteiger partial charge >= 0.3 is 0 Å². The van der Waals surface area contributed by atoms with Gasteiger partial charge in [-0.25, -0.2) is 23.8 Å². The van der Waals surface area contributed by atoms with Gasteiger partial charge in [-0.2, -0.15) is 0 Å². The normalized spacial score (nSPS) is 22.4. The summed E-state index contributed by atoms with van der Waals surface area (Å²) < 4.78 is 32.7. The third-order valence-corrected chi connectivity index (χ3v) is 12.5. The molecule has 13 heteroatoms. The van der Waals surface area contributed by atoms with Gasteiger partial charge in [-0.3, -0.25) is 19.2 Å². The van der Waals surface area contributed by atoms with E-state index in [4.69, 9.17) is 14.4 Å². The van der Waals surface area contributed by atoms with Gasteiger partial charge in [-0.1, -0.05) is 45.0 Å². The number of hydroxylamine groups is 3. The number of carbonyl (C=O) groups is 3. The molecule has 1 aromatic heterocycles. The summed E-state index contributed by atoms with van der Waals surface area (Å²) >= 11 is 1.34. The van der Waals surface area contributed by atoms with Crippen LogP contribution in [0.15, 0.2) is 36.4 Å². The summed E-state index contributed by atoms with van der Waals surface area (Å²) in [6, 6.07) is 10.8. The van der Waals surface area contributed by atoms with Crippen molar-refractivity contribution in [3.05, 3.63) is 46.8 Å². The highest BCUT2D eigenvalue weighted by molar-refractivity contribution is 7.92. The quantitative estimate of drug-likeness (QED) is 0.243. The van der Waals surface area contributed by atoms with Crippen LogP contribution in [0.1, 0.15) is 84.1 Å². The molecule has 47 heavy (non-hydrogen) atoms. The van der Waals surface area contributed by atoms with E-state index in [2.05, 4.69) is 12.4 Å². The number of thiophene rings is 1. The highest BCUT2D eigenvalue weighted by atomic mass is 32.2. The SMILES string of the molecule is CCc1ccc(-c2ccc([C@@]3(CC(=O)NOC4CCCCO4)CCN(C(=O)[C@H](C(C)C)N(C=O)OC(C)(C)C)CCS3(=O)=O)s2)cc1. The van der Waals surface area contributed by atoms with E-state index in [1.807, 2.05) is 44.2 Å². The van der Waals surface area contributed by atoms with Crippen LogP contribution in [-0.4, -0.2) is 80.0 Å². The fourth-order valence-electron chi connectivity index (χ4n) is 6.00. The summed E-state index contributed by atoms with van der Waals surface area (Å²) in [5, 5.41) is 1.03. The first-order valence-corrected chi connectivity index (χ1v) is 18.9. The summed E-state index contributed by atoms with van der Waals surface area (Å²) in [7, 11) is -4.00. The molecule has 3 atom stereocenters. The minimum atomic E-state index is -4.00. The molecule has 1 unspecified atom stereocenters. The maximum absolute atomic E-state index is 14.4. The predicted molar refractivity (Wildman–Crippen MR) is 181 cm³/mol. The van der Waals surface area contributed by atoms with E-state index in [0.717, 1.165) is 34.8 Å². The van der Waals surface area contributed by atoms with Crippen LogP contribution >= 0.6 is 11.3 Å². The van der Waals surface area contributed by atoms with Gasteiger partial charge in [0, 0.05) is 35.9 Å². The largest absolute Gasteiger partial charge is 0.350 e. The highest BCUT2D eigenvalue weighted by Crippen LogP contribution is 2.45. The number of nitrogens with zero attached hydrogens (tertiary/aromatic N) is 2. The zero-order chi connectivity index (χ0) is 34.4. The second kappa shape index (κ2) is 15.6. The number of aryl methyl sites for hydroxylation is 1. The number of hydrogen-bond donors (Lipinski definition) is 1. The fourth-order valence-corrected chi connectivity index (χ4v) is 9.61. The number of rotatable bonds is 12. The van der Waals surface area contributed by atoms with Crippen molar-refractivity contribution >= 4 is 39.4 Å². The molecule has 4 rings (SSSR count). The molecule has 0 spiro atoms. The molecule has 11 nitrogen and oxygen atoms in total. The number of sulfone groups is 1. The molecule has 2 aromatic rings. The van der Waals surface area contributed by atoms with Gasteiger partial charge in [-0.15, -0.1) is 11.3 Å². The maximum atomic E-state index is 14.4. The Labute approximate surface area is 282 Å². The molecule has 0 bridgehead atoms. The van der Waals surface area contributed by atoms with Crippen molar-refractivity contribution in [2.24, 2.45) is 5.92 Å². The van der Waals surface area contributed by atoms with Crippen LogP contribution in [0.25, 0.3) is 10.4 Å². The molecule has 0 saturated carbocycles. The van der Waals surface area contributed by atoms with Crippen molar-refractivity contribution in [3.63, 3.8) is 0 Å². The Morgan fingerprint density at radius 2 is 1.87 bits per heavy atom. The predicted octanol–water partition coefficient (Wildman–Crippen LogP) is 5.00. The van der Waals surface area contributed by atoms with E-state index in [0.29, 0.717) is 24.3 Å². The molecule has 3 heterocycles. The molecule has 2 aliphatic rings. The van der Waals surface area contributed by atoms with E-state index in [9.17, 15) is 22.8 Å². The lowest BCUT2D eigenvalue weighted by Crippen LogP contribution is -2.53. The summed E-state index contributed by atoms with van der Waals surface area (Å²) in [5.41, 5.74) is 3.85. The Bertz CT molecular complexity index is 1480. The topological polar surface area (TPSA) is 132 Å². The molecule has 0 aliphatic carbocycles. The van der Waals surface area contributed by atoms with Gasteiger partial charge in [0.1, 0.15) is 10.8 Å². The third kappa shape index (κ3) is 9.00. The molecule has 2 aliphatic heterocycles. The monoisotopic (exact) mass is 691 g/mol. The first-order chi connectivity index (χ1) is 22.2. The lowest BCUT2D eigenvalue weighted by molar-refractivity contribution is -0.237. The molecule has 2 fully saturated rings. The summed E-state index contributed by atoms with van der Waals surface area (Å²) in [4.78, 5) is 53.8. The number of nitrogens with one attached hydrogen (secondary N) is 1. The van der Waals surface area contributed by atoms with Gasteiger partial charge < -0.3 is 9.64 Å². The Morgan fingerprint density at radius 1 is 1.15 bits per heavy atom. The third-order valence-electron chi connectivity index (χ3n) is 8.55.